The lowest BCUT2D eigenvalue weighted by atomic mass is 10.1. The second-order valence-corrected chi connectivity index (χ2v) is 6.41. The largest absolute Gasteiger partial charge is 0.507 e. The number of carboxylic acid groups (broad SMARTS) is 1. The van der Waals surface area contributed by atoms with Crippen LogP contribution >= 0.6 is 11.6 Å². The molecule has 0 aliphatic heterocycles. The molecule has 0 atom stereocenters. The molecule has 1 amide bonds. The van der Waals surface area contributed by atoms with Gasteiger partial charge in [-0.15, -0.1) is 0 Å². The van der Waals surface area contributed by atoms with Crippen LogP contribution in [0.1, 0.15) is 21.7 Å². The lowest BCUT2D eigenvalue weighted by Crippen LogP contribution is -2.09. The predicted molar refractivity (Wildman–Crippen MR) is 107 cm³/mol. The van der Waals surface area contributed by atoms with Crippen LogP contribution in [0.25, 0.3) is 17.4 Å². The van der Waals surface area contributed by atoms with Crippen LogP contribution in [0.15, 0.2) is 59.0 Å². The van der Waals surface area contributed by atoms with Gasteiger partial charge in [-0.25, -0.2) is 4.79 Å². The van der Waals surface area contributed by atoms with E-state index < -0.39 is 11.9 Å². The summed E-state index contributed by atoms with van der Waals surface area (Å²) in [5.41, 5.74) is 1.07. The summed E-state index contributed by atoms with van der Waals surface area (Å²) in [6.07, 6.45) is 2.75. The number of hydrogen-bond acceptors (Lipinski definition) is 4. The molecule has 3 N–H and O–H groups in total. The van der Waals surface area contributed by atoms with Crippen LogP contribution in [-0.4, -0.2) is 22.1 Å². The van der Waals surface area contributed by atoms with E-state index in [1.807, 2.05) is 18.2 Å². The number of carbonyl (C=O) groups excluding carboxylic acids is 1. The first kappa shape index (κ1) is 19.3. The second-order valence-electron chi connectivity index (χ2n) is 6.00. The maximum Gasteiger partial charge on any atom is 0.339 e. The molecule has 3 rings (SSSR count). The van der Waals surface area contributed by atoms with Crippen LogP contribution < -0.4 is 5.32 Å². The third-order valence-corrected chi connectivity index (χ3v) is 4.29. The molecule has 1 aromatic heterocycles. The van der Waals surface area contributed by atoms with Crippen LogP contribution in [-0.2, 0) is 4.79 Å². The molecule has 142 valence electrons. The van der Waals surface area contributed by atoms with Crippen molar-refractivity contribution in [1.82, 2.24) is 0 Å². The molecule has 0 fully saturated rings. The average molecular weight is 398 g/mol. The van der Waals surface area contributed by atoms with Crippen molar-refractivity contribution >= 4 is 35.2 Å². The predicted octanol–water partition coefficient (Wildman–Crippen LogP) is 4.96. The Balaban J connectivity index is 1.73. The first-order chi connectivity index (χ1) is 13.3. The Morgan fingerprint density at radius 3 is 2.61 bits per heavy atom. The van der Waals surface area contributed by atoms with E-state index in [9.17, 15) is 14.7 Å². The summed E-state index contributed by atoms with van der Waals surface area (Å²) < 4.78 is 5.67. The molecule has 7 heteroatoms. The monoisotopic (exact) mass is 397 g/mol. The van der Waals surface area contributed by atoms with E-state index in [4.69, 9.17) is 21.1 Å². The van der Waals surface area contributed by atoms with E-state index in [2.05, 4.69) is 5.32 Å². The Labute approximate surface area is 165 Å². The first-order valence-electron chi connectivity index (χ1n) is 8.26. The number of rotatable bonds is 5. The molecular formula is C21H16ClNO5. The summed E-state index contributed by atoms with van der Waals surface area (Å²) in [6.45, 7) is 1.55. The van der Waals surface area contributed by atoms with E-state index in [1.54, 1.807) is 25.1 Å². The van der Waals surface area contributed by atoms with E-state index in [-0.39, 0.29) is 17.0 Å². The van der Waals surface area contributed by atoms with Crippen molar-refractivity contribution in [3.05, 3.63) is 76.5 Å². The van der Waals surface area contributed by atoms with E-state index in [0.29, 0.717) is 22.1 Å². The maximum absolute atomic E-state index is 12.1. The Morgan fingerprint density at radius 1 is 1.14 bits per heavy atom. The van der Waals surface area contributed by atoms with E-state index >= 15 is 0 Å². The van der Waals surface area contributed by atoms with Crippen molar-refractivity contribution in [1.29, 1.82) is 0 Å². The molecule has 0 unspecified atom stereocenters. The van der Waals surface area contributed by atoms with Crippen molar-refractivity contribution in [2.75, 3.05) is 5.32 Å². The zero-order valence-electron chi connectivity index (χ0n) is 14.8. The molecule has 1 heterocycles. The Morgan fingerprint density at radius 2 is 1.89 bits per heavy atom. The summed E-state index contributed by atoms with van der Waals surface area (Å²) in [5, 5.41) is 22.0. The fourth-order valence-corrected chi connectivity index (χ4v) is 2.83. The maximum atomic E-state index is 12.1. The summed E-state index contributed by atoms with van der Waals surface area (Å²) in [7, 11) is 0. The molecule has 2 aromatic carbocycles. The van der Waals surface area contributed by atoms with Gasteiger partial charge in [-0.1, -0.05) is 23.7 Å². The summed E-state index contributed by atoms with van der Waals surface area (Å²) in [6, 6.07) is 13.4. The van der Waals surface area contributed by atoms with Crippen molar-refractivity contribution in [3.8, 4) is 17.1 Å². The second kappa shape index (κ2) is 8.02. The lowest BCUT2D eigenvalue weighted by Gasteiger charge is -2.08. The molecule has 6 nitrogen and oxygen atoms in total. The number of carboxylic acids is 1. The lowest BCUT2D eigenvalue weighted by molar-refractivity contribution is -0.111. The van der Waals surface area contributed by atoms with Crippen LogP contribution in [0.2, 0.25) is 5.02 Å². The molecule has 0 saturated carbocycles. The Bertz CT molecular complexity index is 1080. The van der Waals surface area contributed by atoms with Crippen LogP contribution in [0, 0.1) is 6.92 Å². The van der Waals surface area contributed by atoms with Crippen molar-refractivity contribution in [2.45, 2.75) is 6.92 Å². The molecule has 0 spiro atoms. The van der Waals surface area contributed by atoms with Gasteiger partial charge in [0.2, 0.25) is 5.91 Å². The van der Waals surface area contributed by atoms with Gasteiger partial charge in [-0.05, 0) is 55.0 Å². The molecule has 28 heavy (non-hydrogen) atoms. The van der Waals surface area contributed by atoms with Crippen LogP contribution in [0.5, 0.6) is 5.75 Å². The number of hydrogen-bond donors (Lipinski definition) is 3. The summed E-state index contributed by atoms with van der Waals surface area (Å²) >= 11 is 6.14. The SMILES string of the molecule is Cc1cc(NC(=O)/C=C/c2ccc(-c3ccccc3Cl)o2)cc(C(=O)O)c1O. The van der Waals surface area contributed by atoms with Crippen molar-refractivity contribution in [3.63, 3.8) is 0 Å². The highest BCUT2D eigenvalue weighted by atomic mass is 35.5. The molecule has 0 aliphatic rings. The van der Waals surface area contributed by atoms with Gasteiger partial charge < -0.3 is 19.9 Å². The number of halogens is 1. The minimum absolute atomic E-state index is 0.263. The topological polar surface area (TPSA) is 99.8 Å². The van der Waals surface area contributed by atoms with Crippen LogP contribution in [0.3, 0.4) is 0 Å². The van der Waals surface area contributed by atoms with Gasteiger partial charge in [0.15, 0.2) is 0 Å². The number of anilines is 1. The zero-order valence-corrected chi connectivity index (χ0v) is 15.5. The van der Waals surface area contributed by atoms with Crippen molar-refractivity contribution < 1.29 is 24.2 Å². The van der Waals surface area contributed by atoms with Gasteiger partial charge in [0.1, 0.15) is 22.8 Å². The molecule has 0 radical (unpaired) electrons. The number of amides is 1. The minimum atomic E-state index is -1.28. The van der Waals surface area contributed by atoms with E-state index in [0.717, 1.165) is 5.56 Å². The van der Waals surface area contributed by atoms with Gasteiger partial charge in [0.05, 0.1) is 5.02 Å². The number of carbonyl (C=O) groups is 2. The summed E-state index contributed by atoms with van der Waals surface area (Å²) in [4.78, 5) is 23.3. The van der Waals surface area contributed by atoms with Gasteiger partial charge in [-0.2, -0.15) is 0 Å². The molecule has 0 saturated heterocycles. The Hall–Kier alpha value is -3.51. The van der Waals surface area contributed by atoms with Crippen LogP contribution in [0.4, 0.5) is 5.69 Å². The number of benzene rings is 2. The number of aryl methyl sites for hydroxylation is 1. The fraction of sp³-hybridized carbons (Fsp3) is 0.0476. The summed E-state index contributed by atoms with van der Waals surface area (Å²) in [5.74, 6) is -1.06. The van der Waals surface area contributed by atoms with Gasteiger partial charge >= 0.3 is 5.97 Å². The van der Waals surface area contributed by atoms with Crippen molar-refractivity contribution in [2.24, 2.45) is 0 Å². The molecule has 0 aliphatic carbocycles. The highest BCUT2D eigenvalue weighted by molar-refractivity contribution is 6.33. The third kappa shape index (κ3) is 4.24. The standard InChI is InChI=1S/C21H16ClNO5/c1-12-10-13(11-16(20(12)25)21(26)27)23-19(24)9-7-14-6-8-18(28-14)15-4-2-3-5-17(15)22/h2-11,25H,1H3,(H,23,24)(H,26,27)/b9-7+. The Kier molecular flexibility index (Phi) is 5.52. The number of aromatic hydroxyl groups is 1. The smallest absolute Gasteiger partial charge is 0.339 e. The molecular weight excluding hydrogens is 382 g/mol. The quantitative estimate of drug-likeness (QED) is 0.417. The number of aromatic carboxylic acids is 1. The van der Waals surface area contributed by atoms with E-state index in [1.165, 1.54) is 24.3 Å². The molecule has 0 bridgehead atoms. The average Bonchev–Trinajstić information content (AvgIpc) is 3.12. The van der Waals surface area contributed by atoms with Gasteiger partial charge in [0, 0.05) is 17.3 Å². The highest BCUT2D eigenvalue weighted by Crippen LogP contribution is 2.29. The number of phenols is 1. The first-order valence-corrected chi connectivity index (χ1v) is 8.63. The third-order valence-electron chi connectivity index (χ3n) is 3.96. The number of nitrogens with one attached hydrogen (secondary N) is 1. The highest BCUT2D eigenvalue weighted by Gasteiger charge is 2.14. The number of furan rings is 1. The normalized spacial score (nSPS) is 10.9. The minimum Gasteiger partial charge on any atom is -0.507 e. The zero-order chi connectivity index (χ0) is 20.3. The fourth-order valence-electron chi connectivity index (χ4n) is 2.60. The molecule has 3 aromatic rings. The van der Waals surface area contributed by atoms with Gasteiger partial charge in [-0.3, -0.25) is 4.79 Å². The van der Waals surface area contributed by atoms with Gasteiger partial charge in [0.25, 0.3) is 0 Å².